The molecule has 0 saturated heterocycles. The first-order chi connectivity index (χ1) is 20.0. The molecule has 0 heterocycles. The van der Waals surface area contributed by atoms with E-state index in [2.05, 4.69) is 55.6 Å². The highest BCUT2D eigenvalue weighted by Crippen LogP contribution is 2.13. The summed E-state index contributed by atoms with van der Waals surface area (Å²) in [6, 6.07) is -1.01. The summed E-state index contributed by atoms with van der Waals surface area (Å²) in [6.45, 7) is 3.91. The van der Waals surface area contributed by atoms with Gasteiger partial charge < -0.3 is 25.7 Å². The van der Waals surface area contributed by atoms with Gasteiger partial charge in [-0.1, -0.05) is 115 Å². The number of carbonyl (C=O) groups is 1. The minimum absolute atomic E-state index is 0.345. The smallest absolute Gasteiger partial charge is 0.249 e. The van der Waals surface area contributed by atoms with Crippen molar-refractivity contribution in [2.75, 3.05) is 6.61 Å². The van der Waals surface area contributed by atoms with Gasteiger partial charge in [-0.2, -0.15) is 0 Å². The number of aliphatic hydroxyl groups is 4. The van der Waals surface area contributed by atoms with E-state index in [1.807, 2.05) is 0 Å². The normalized spacial score (nSPS) is 15.2. The Morgan fingerprint density at radius 1 is 0.585 bits per heavy atom. The predicted octanol–water partition coefficient (Wildman–Crippen LogP) is 7.45. The van der Waals surface area contributed by atoms with Crippen LogP contribution in [0.4, 0.5) is 0 Å². The Kier molecular flexibility index (Phi) is 28.9. The van der Waals surface area contributed by atoms with Gasteiger partial charge in [0, 0.05) is 0 Å². The molecule has 1 amide bonds. The summed E-state index contributed by atoms with van der Waals surface area (Å²) in [4.78, 5) is 12.4. The molecular formula is C35H65NO5. The van der Waals surface area contributed by atoms with Crippen molar-refractivity contribution in [3.05, 3.63) is 36.5 Å². The number of unbranched alkanes of at least 4 members (excludes halogenated alkanes) is 14. The Morgan fingerprint density at radius 3 is 1.63 bits per heavy atom. The van der Waals surface area contributed by atoms with Gasteiger partial charge in [-0.05, 0) is 70.6 Å². The summed E-state index contributed by atoms with van der Waals surface area (Å²) in [5.74, 6) is -0.612. The third-order valence-electron chi connectivity index (χ3n) is 7.53. The molecule has 0 aromatic heterocycles. The Balaban J connectivity index is 3.93. The number of hydrogen-bond donors (Lipinski definition) is 5. The fourth-order valence-electron chi connectivity index (χ4n) is 4.77. The van der Waals surface area contributed by atoms with E-state index in [1.54, 1.807) is 0 Å². The third-order valence-corrected chi connectivity index (χ3v) is 7.53. The van der Waals surface area contributed by atoms with Crippen LogP contribution < -0.4 is 5.32 Å². The quantitative estimate of drug-likeness (QED) is 0.0467. The molecule has 0 aromatic carbocycles. The average Bonchev–Trinajstić information content (AvgIpc) is 2.98. The Morgan fingerprint density at radius 2 is 1.07 bits per heavy atom. The van der Waals surface area contributed by atoms with Crippen molar-refractivity contribution in [2.24, 2.45) is 0 Å². The third kappa shape index (κ3) is 24.8. The molecule has 0 aromatic rings. The van der Waals surface area contributed by atoms with Gasteiger partial charge in [0.05, 0.1) is 18.8 Å². The van der Waals surface area contributed by atoms with Gasteiger partial charge in [0.1, 0.15) is 12.2 Å². The molecule has 0 rings (SSSR count). The highest BCUT2D eigenvalue weighted by atomic mass is 16.3. The summed E-state index contributed by atoms with van der Waals surface area (Å²) >= 11 is 0. The molecule has 41 heavy (non-hydrogen) atoms. The maximum absolute atomic E-state index is 12.4. The van der Waals surface area contributed by atoms with E-state index in [1.165, 1.54) is 57.8 Å². The van der Waals surface area contributed by atoms with Crippen molar-refractivity contribution in [1.82, 2.24) is 5.32 Å². The van der Waals surface area contributed by atoms with Gasteiger partial charge >= 0.3 is 0 Å². The molecule has 0 aliphatic heterocycles. The topological polar surface area (TPSA) is 110 Å². The molecular weight excluding hydrogens is 514 g/mol. The molecule has 240 valence electrons. The lowest BCUT2D eigenvalue weighted by molar-refractivity contribution is -0.132. The van der Waals surface area contributed by atoms with Gasteiger partial charge in [0.25, 0.3) is 0 Å². The molecule has 0 saturated carbocycles. The first-order valence-corrected chi connectivity index (χ1v) is 16.9. The molecule has 6 heteroatoms. The van der Waals surface area contributed by atoms with Crippen LogP contribution >= 0.6 is 0 Å². The fraction of sp³-hybridized carbons (Fsp3) is 0.800. The number of amides is 1. The molecule has 0 radical (unpaired) electrons. The summed E-state index contributed by atoms with van der Waals surface area (Å²) in [7, 11) is 0. The second kappa shape index (κ2) is 30.0. The first kappa shape index (κ1) is 39.5. The van der Waals surface area contributed by atoms with E-state index in [0.29, 0.717) is 19.3 Å². The van der Waals surface area contributed by atoms with Crippen LogP contribution in [0.3, 0.4) is 0 Å². The van der Waals surface area contributed by atoms with E-state index < -0.39 is 36.9 Å². The van der Waals surface area contributed by atoms with Crippen LogP contribution in [-0.2, 0) is 4.79 Å². The van der Waals surface area contributed by atoms with E-state index in [-0.39, 0.29) is 0 Å². The number of rotatable bonds is 29. The number of nitrogens with one attached hydrogen (secondary N) is 1. The zero-order valence-corrected chi connectivity index (χ0v) is 26.5. The van der Waals surface area contributed by atoms with Crippen molar-refractivity contribution in [3.63, 3.8) is 0 Å². The van der Waals surface area contributed by atoms with Crippen LogP contribution in [0.1, 0.15) is 149 Å². The Hall–Kier alpha value is -1.47. The molecule has 4 atom stereocenters. The Labute approximate surface area is 252 Å². The van der Waals surface area contributed by atoms with Gasteiger partial charge in [-0.25, -0.2) is 0 Å². The fourth-order valence-corrected chi connectivity index (χ4v) is 4.77. The molecule has 0 aliphatic carbocycles. The second-order valence-electron chi connectivity index (χ2n) is 11.5. The van der Waals surface area contributed by atoms with Gasteiger partial charge in [0.2, 0.25) is 5.91 Å². The lowest BCUT2D eigenvalue weighted by Gasteiger charge is -2.27. The lowest BCUT2D eigenvalue weighted by atomic mass is 10.00. The van der Waals surface area contributed by atoms with Crippen LogP contribution in [0.2, 0.25) is 0 Å². The van der Waals surface area contributed by atoms with E-state index in [9.17, 15) is 25.2 Å². The van der Waals surface area contributed by atoms with E-state index in [4.69, 9.17) is 0 Å². The predicted molar refractivity (Wildman–Crippen MR) is 173 cm³/mol. The maximum Gasteiger partial charge on any atom is 0.249 e. The van der Waals surface area contributed by atoms with Crippen molar-refractivity contribution in [3.8, 4) is 0 Å². The van der Waals surface area contributed by atoms with E-state index in [0.717, 1.165) is 57.8 Å². The highest BCUT2D eigenvalue weighted by Gasteiger charge is 2.28. The standard InChI is InChI=1S/C35H65NO5/c1-3-5-7-9-11-13-15-16-17-18-19-21-23-25-27-29-33(39)35(41)36-31(30-37)34(40)32(38)28-26-24-22-20-14-12-10-8-6-4-2/h8,10,17-18,20,22,31-34,37-40H,3-7,9,11-16,19,21,23-30H2,1-2H3,(H,36,41)/b10-8+,18-17-,22-20+. The molecule has 6 nitrogen and oxygen atoms in total. The largest absolute Gasteiger partial charge is 0.394 e. The number of carbonyl (C=O) groups excluding carboxylic acids is 1. The van der Waals surface area contributed by atoms with Gasteiger partial charge in [-0.15, -0.1) is 0 Å². The number of hydrogen-bond acceptors (Lipinski definition) is 5. The van der Waals surface area contributed by atoms with E-state index >= 15 is 0 Å². The SMILES string of the molecule is CCC/C=C/CC/C=C/CCCC(O)C(O)C(CO)NC(=O)C(O)CCCCCC/C=C\CCCCCCCCC. The molecule has 0 spiro atoms. The maximum atomic E-state index is 12.4. The lowest BCUT2D eigenvalue weighted by Crippen LogP contribution is -2.53. The van der Waals surface area contributed by atoms with Crippen LogP contribution in [0.25, 0.3) is 0 Å². The zero-order chi connectivity index (χ0) is 30.4. The van der Waals surface area contributed by atoms with Crippen molar-refractivity contribution in [2.45, 2.75) is 173 Å². The minimum atomic E-state index is -1.29. The second-order valence-corrected chi connectivity index (χ2v) is 11.5. The molecule has 0 bridgehead atoms. The monoisotopic (exact) mass is 579 g/mol. The minimum Gasteiger partial charge on any atom is -0.394 e. The van der Waals surface area contributed by atoms with Crippen LogP contribution in [0, 0.1) is 0 Å². The molecule has 5 N–H and O–H groups in total. The summed E-state index contributed by atoms with van der Waals surface area (Å²) < 4.78 is 0. The first-order valence-electron chi connectivity index (χ1n) is 16.9. The van der Waals surface area contributed by atoms with Crippen molar-refractivity contribution in [1.29, 1.82) is 0 Å². The van der Waals surface area contributed by atoms with Crippen molar-refractivity contribution < 1.29 is 25.2 Å². The number of allylic oxidation sites excluding steroid dienone is 6. The average molecular weight is 580 g/mol. The van der Waals surface area contributed by atoms with Gasteiger partial charge in [-0.3, -0.25) is 4.79 Å². The Bertz CT molecular complexity index is 663. The summed E-state index contributed by atoms with van der Waals surface area (Å²) in [5, 5.41) is 43.2. The molecule has 4 unspecified atom stereocenters. The molecule has 0 aliphatic rings. The zero-order valence-electron chi connectivity index (χ0n) is 26.5. The van der Waals surface area contributed by atoms with Crippen LogP contribution in [0.15, 0.2) is 36.5 Å². The van der Waals surface area contributed by atoms with Crippen LogP contribution in [-0.4, -0.2) is 57.3 Å². The van der Waals surface area contributed by atoms with Crippen LogP contribution in [0.5, 0.6) is 0 Å². The summed E-state index contributed by atoms with van der Waals surface area (Å²) in [5.41, 5.74) is 0. The highest BCUT2D eigenvalue weighted by molar-refractivity contribution is 5.80. The van der Waals surface area contributed by atoms with Gasteiger partial charge in [0.15, 0.2) is 0 Å². The molecule has 0 fully saturated rings. The summed E-state index contributed by atoms with van der Waals surface area (Å²) in [6.07, 6.45) is 31.7. The number of aliphatic hydroxyl groups excluding tert-OH is 4. The van der Waals surface area contributed by atoms with Crippen molar-refractivity contribution >= 4 is 5.91 Å².